The monoisotopic (exact) mass is 357 g/mol. The summed E-state index contributed by atoms with van der Waals surface area (Å²) in [5, 5.41) is 8.83. The van der Waals surface area contributed by atoms with E-state index in [0.717, 1.165) is 17.5 Å². The molecule has 0 aliphatic carbocycles. The summed E-state index contributed by atoms with van der Waals surface area (Å²) in [6.45, 7) is 14.2. The average Bonchev–Trinajstić information content (AvgIpc) is 2.40. The van der Waals surface area contributed by atoms with Crippen LogP contribution in [0.3, 0.4) is 0 Å². The molecule has 0 saturated carbocycles. The Morgan fingerprint density at radius 2 is 1.38 bits per heavy atom. The minimum atomic E-state index is 0. The van der Waals surface area contributed by atoms with Gasteiger partial charge in [-0.05, 0) is 17.5 Å². The van der Waals surface area contributed by atoms with Gasteiger partial charge in [-0.25, -0.2) is 0 Å². The number of aromatic hydroxyl groups is 1. The molecule has 1 N–H and O–H groups in total. The fraction of sp³-hybridized carbons (Fsp3) is 0.263. The van der Waals surface area contributed by atoms with Crippen molar-refractivity contribution in [2.45, 2.75) is 32.6 Å². The molecule has 0 spiro atoms. The van der Waals surface area contributed by atoms with E-state index >= 15 is 0 Å². The van der Waals surface area contributed by atoms with Gasteiger partial charge >= 0.3 is 0 Å². The molecule has 2 rings (SSSR count). The van der Waals surface area contributed by atoms with E-state index in [1.807, 2.05) is 12.1 Å². The number of hydrogen-bond donors (Lipinski definition) is 1. The largest absolute Gasteiger partial charge is 0.508 e. The van der Waals surface area contributed by atoms with Crippen molar-refractivity contribution in [1.82, 2.24) is 0 Å². The number of phenols is 1. The molecule has 0 aliphatic heterocycles. The summed E-state index contributed by atoms with van der Waals surface area (Å²) in [5.74, 6) is 0.312. The second-order valence-electron chi connectivity index (χ2n) is 5.86. The second kappa shape index (κ2) is 9.28. The summed E-state index contributed by atoms with van der Waals surface area (Å²) in [4.78, 5) is 0. The topological polar surface area (TPSA) is 20.2 Å². The van der Waals surface area contributed by atoms with Crippen LogP contribution in [0.25, 0.3) is 0 Å². The molecule has 0 heterocycles. The first-order valence-corrected chi connectivity index (χ1v) is 6.82. The predicted molar refractivity (Wildman–Crippen MR) is 86.8 cm³/mol. The number of rotatable bonds is 1. The van der Waals surface area contributed by atoms with E-state index in [9.17, 15) is 0 Å². The zero-order chi connectivity index (χ0) is 15.2. The van der Waals surface area contributed by atoms with Crippen molar-refractivity contribution in [1.29, 1.82) is 0 Å². The molecule has 2 heteroatoms. The van der Waals surface area contributed by atoms with Gasteiger partial charge in [0.25, 0.3) is 0 Å². The Morgan fingerprint density at radius 3 is 1.76 bits per heavy atom. The molecule has 1 nitrogen and oxygen atoms in total. The smallest absolute Gasteiger partial charge is 0.115 e. The van der Waals surface area contributed by atoms with Crippen LogP contribution in [0.4, 0.5) is 0 Å². The normalized spacial score (nSPS) is 10.1. The maximum atomic E-state index is 8.83. The van der Waals surface area contributed by atoms with Crippen molar-refractivity contribution in [2.75, 3.05) is 0 Å². The quantitative estimate of drug-likeness (QED) is 0.718. The Balaban J connectivity index is 0.000000370. The minimum Gasteiger partial charge on any atom is -0.508 e. The predicted octanol–water partition coefficient (Wildman–Crippen LogP) is 4.93. The van der Waals surface area contributed by atoms with Crippen LogP contribution in [0.5, 0.6) is 5.75 Å². The van der Waals surface area contributed by atoms with Gasteiger partial charge in [0.2, 0.25) is 0 Å². The van der Waals surface area contributed by atoms with E-state index in [1.54, 1.807) is 12.1 Å². The van der Waals surface area contributed by atoms with E-state index in [0.29, 0.717) is 5.75 Å². The van der Waals surface area contributed by atoms with Gasteiger partial charge in [0, 0.05) is 32.7 Å². The van der Waals surface area contributed by atoms with Crippen LogP contribution in [0.1, 0.15) is 37.5 Å². The van der Waals surface area contributed by atoms with E-state index < -0.39 is 0 Å². The molecule has 0 saturated heterocycles. The molecule has 0 unspecified atom stereocenters. The minimum absolute atomic E-state index is 0. The van der Waals surface area contributed by atoms with Gasteiger partial charge in [0.1, 0.15) is 5.75 Å². The standard InChI is InChI=1S/C11H15.C8H9O.Y/c1-9-5-7-10(8-6-9)11(2,3)4;1-2-7-3-5-8(9)6-4-7;/h5-8H,1H2,2-4H3;3-6,9H,1-2H2;/q2*-1;. The van der Waals surface area contributed by atoms with Crippen LogP contribution in [-0.2, 0) is 44.5 Å². The molecular weight excluding hydrogens is 333 g/mol. The first-order chi connectivity index (χ1) is 9.32. The number of benzene rings is 2. The molecule has 2 aromatic rings. The van der Waals surface area contributed by atoms with Gasteiger partial charge in [-0.1, -0.05) is 44.0 Å². The maximum absolute atomic E-state index is 8.83. The first-order valence-electron chi connectivity index (χ1n) is 6.82. The zero-order valence-corrected chi connectivity index (χ0v) is 16.1. The molecular formula is C19H24OY-2. The van der Waals surface area contributed by atoms with Gasteiger partial charge in [0.15, 0.2) is 0 Å². The maximum Gasteiger partial charge on any atom is 0.115 e. The Hall–Kier alpha value is -0.786. The van der Waals surface area contributed by atoms with Crippen LogP contribution in [0.15, 0.2) is 48.5 Å². The SMILES string of the molecule is [CH2-]Cc1ccc(O)cc1.[CH2-]c1ccc(C(C)(C)C)cc1.[Y]. The number of phenolic OH excluding ortho intramolecular Hbond substituents is 1. The van der Waals surface area contributed by atoms with Gasteiger partial charge in [-0.2, -0.15) is 31.0 Å². The van der Waals surface area contributed by atoms with Gasteiger partial charge < -0.3 is 12.0 Å². The summed E-state index contributed by atoms with van der Waals surface area (Å²) in [6.07, 6.45) is 0.778. The van der Waals surface area contributed by atoms with Gasteiger partial charge in [0.05, 0.1) is 0 Å². The van der Waals surface area contributed by atoms with Crippen LogP contribution in [0.2, 0.25) is 0 Å². The fourth-order valence-electron chi connectivity index (χ4n) is 1.67. The Labute approximate surface area is 154 Å². The van der Waals surface area contributed by atoms with Crippen molar-refractivity contribution < 1.29 is 37.8 Å². The molecule has 0 fully saturated rings. The number of hydrogen-bond acceptors (Lipinski definition) is 1. The van der Waals surface area contributed by atoms with E-state index in [4.69, 9.17) is 5.11 Å². The average molecular weight is 357 g/mol. The van der Waals surface area contributed by atoms with Gasteiger partial charge in [-0.15, -0.1) is 12.1 Å². The molecule has 0 bridgehead atoms. The van der Waals surface area contributed by atoms with Crippen LogP contribution in [0, 0.1) is 13.8 Å². The third-order valence-corrected chi connectivity index (χ3v) is 3.04. The molecule has 2 aromatic carbocycles. The molecule has 1 radical (unpaired) electrons. The first kappa shape index (κ1) is 20.2. The van der Waals surface area contributed by atoms with Crippen LogP contribution < -0.4 is 0 Å². The van der Waals surface area contributed by atoms with Crippen molar-refractivity contribution in [3.63, 3.8) is 0 Å². The fourth-order valence-corrected chi connectivity index (χ4v) is 1.67. The second-order valence-corrected chi connectivity index (χ2v) is 5.86. The third-order valence-electron chi connectivity index (χ3n) is 3.04. The Bertz CT molecular complexity index is 507. The van der Waals surface area contributed by atoms with Crippen molar-refractivity contribution >= 4 is 0 Å². The third kappa shape index (κ3) is 7.69. The Morgan fingerprint density at radius 1 is 0.905 bits per heavy atom. The molecule has 0 atom stereocenters. The summed E-state index contributed by atoms with van der Waals surface area (Å²) in [7, 11) is 0. The van der Waals surface area contributed by atoms with E-state index in [-0.39, 0.29) is 38.1 Å². The van der Waals surface area contributed by atoms with Crippen LogP contribution >= 0.6 is 0 Å². The summed E-state index contributed by atoms with van der Waals surface area (Å²) >= 11 is 0. The van der Waals surface area contributed by atoms with Gasteiger partial charge in [-0.3, -0.25) is 0 Å². The molecule has 0 aromatic heterocycles. The van der Waals surface area contributed by atoms with E-state index in [1.165, 1.54) is 5.56 Å². The van der Waals surface area contributed by atoms with Crippen molar-refractivity contribution in [3.05, 3.63) is 79.1 Å². The van der Waals surface area contributed by atoms with Crippen molar-refractivity contribution in [2.24, 2.45) is 0 Å². The molecule has 0 aliphatic rings. The molecule has 21 heavy (non-hydrogen) atoms. The summed E-state index contributed by atoms with van der Waals surface area (Å²) in [5.41, 5.74) is 3.85. The summed E-state index contributed by atoms with van der Waals surface area (Å²) in [6, 6.07) is 15.5. The Kier molecular flexibility index (Phi) is 8.93. The zero-order valence-electron chi connectivity index (χ0n) is 13.3. The van der Waals surface area contributed by atoms with Crippen LogP contribution in [-0.4, -0.2) is 5.11 Å². The molecule has 111 valence electrons. The van der Waals surface area contributed by atoms with E-state index in [2.05, 4.69) is 58.9 Å². The summed E-state index contributed by atoms with van der Waals surface area (Å²) < 4.78 is 0. The molecule has 0 amide bonds. The van der Waals surface area contributed by atoms with Crippen molar-refractivity contribution in [3.8, 4) is 5.75 Å².